The van der Waals surface area contributed by atoms with Crippen LogP contribution in [0.4, 0.5) is 0 Å². The Morgan fingerprint density at radius 1 is 0.103 bits per heavy atom. The summed E-state index contributed by atoms with van der Waals surface area (Å²) in [4.78, 5) is 59.9. The highest BCUT2D eigenvalue weighted by Crippen LogP contribution is 2.47. The minimum Gasteiger partial charge on any atom is -0.306 e. The van der Waals surface area contributed by atoms with E-state index < -0.39 is 0 Å². The second-order valence-electron chi connectivity index (χ2n) is 52.8. The number of likely N-dealkylation sites (N-methyl/N-ethyl adjacent to an activating group) is 8. The Hall–Kier alpha value is -0.960. The first-order valence-electron chi connectivity index (χ1n) is 57.4. The van der Waals surface area contributed by atoms with E-state index in [9.17, 15) is 0 Å². The molecule has 12 spiro atoms. The molecule has 0 bridgehead atoms. The predicted molar refractivity (Wildman–Crippen MR) is 578 cm³/mol. The molecule has 6 atom stereocenters. The average molecular weight is 1910 g/mol. The number of piperidine rings is 12. The molecule has 24 heteroatoms. The summed E-state index contributed by atoms with van der Waals surface area (Å²) in [6.07, 6.45) is 53.7. The topological polar surface area (TPSA) is 77.8 Å². The first-order valence-corrected chi connectivity index (χ1v) is 57.4. The van der Waals surface area contributed by atoms with Crippen molar-refractivity contribution in [3.8, 4) is 0 Å². The Morgan fingerprint density at radius 3 is 0.588 bits per heavy atom. The summed E-state index contributed by atoms with van der Waals surface area (Å²) in [5.41, 5.74) is 7.35. The van der Waals surface area contributed by atoms with E-state index in [0.29, 0.717) is 60.8 Å². The number of nitrogens with zero attached hydrogens (tertiary/aromatic N) is 24. The SMILES string of the molecule is CN1CC2(CCCCN2C)C1.CN1CCC2(CC1)CCN(C)C2.CN1CCC2(CC1)CCN2C.CN1CCC2(CC1)CN(C)C2.CN1CCC2(CCCN2C)CC1.CN1CCCC2(C1)CN(C)C2.CN1CCCC2(CCCN2C)C1.CN1CCCC2(CCN(C)C2)C1.CN1CCCC2(CCN2C)C1.CN1CCCC2(CCN2C)C1.CN1CCCCC12CCN2C.CN1CCCCC12CCN2C. The molecule has 792 valence electrons. The van der Waals surface area contributed by atoms with E-state index in [-0.39, 0.29) is 0 Å². The first-order chi connectivity index (χ1) is 64.7. The van der Waals surface area contributed by atoms with Gasteiger partial charge < -0.3 is 78.4 Å². The fourth-order valence-electron chi connectivity index (χ4n) is 31.6. The van der Waals surface area contributed by atoms with Gasteiger partial charge in [-0.05, 0) is 554 Å². The standard InChI is InChI=1S/4C10H20N2.8C9H18N2/c1-11-6-3-10(4-7-11)5-8-12(2)9-10;1-11-7-3-5-10(9-11)6-4-8-12(10)2;1-11-8-5-10(6-9-11)4-3-7-12(10)2;1-11-6-3-4-10(8-11)5-7-12(2)9-10;1-10-6-3-9(4-7-10)5-8-11(9)2;1-10-5-3-9(4-6-10)7-11(2)8-9;2*1-10-6-3-4-9(8-10)5-7-11(9)2;1-10-5-3-4-9(6-10)7-11(2)8-9;2*1-10-7-4-3-5-9(10)6-8-11(9)2;1-10-7-9(8-10)5-3-4-6-11(9)2/h4*3-9H2,1-2H3;8*3-8H2,1-2H3. The molecule has 0 aromatic rings. The summed E-state index contributed by atoms with van der Waals surface area (Å²) >= 11 is 0. The third-order valence-electron chi connectivity index (χ3n) is 42.1. The number of likely N-dealkylation sites (tertiary alicyclic amines) is 24. The lowest BCUT2D eigenvalue weighted by Gasteiger charge is -2.58. The molecule has 24 saturated heterocycles. The van der Waals surface area contributed by atoms with Gasteiger partial charge in [-0.25, -0.2) is 0 Å². The van der Waals surface area contributed by atoms with Gasteiger partial charge in [-0.3, -0.25) is 39.2 Å². The van der Waals surface area contributed by atoms with E-state index in [1.54, 1.807) is 0 Å². The van der Waals surface area contributed by atoms with Gasteiger partial charge in [-0.2, -0.15) is 0 Å². The van der Waals surface area contributed by atoms with Gasteiger partial charge in [0.15, 0.2) is 0 Å². The van der Waals surface area contributed by atoms with Gasteiger partial charge in [-0.1, -0.05) is 6.42 Å². The molecule has 0 aromatic heterocycles. The van der Waals surface area contributed by atoms with Crippen molar-refractivity contribution in [3.05, 3.63) is 0 Å². The van der Waals surface area contributed by atoms with E-state index in [4.69, 9.17) is 0 Å². The van der Waals surface area contributed by atoms with Gasteiger partial charge in [0.05, 0.1) is 11.3 Å². The van der Waals surface area contributed by atoms with Gasteiger partial charge in [0.1, 0.15) is 0 Å². The lowest BCUT2D eigenvalue weighted by molar-refractivity contribution is -0.129. The minimum atomic E-state index is 0.484. The molecule has 0 aliphatic carbocycles. The van der Waals surface area contributed by atoms with Crippen LogP contribution in [-0.4, -0.2) is 580 Å². The van der Waals surface area contributed by atoms with Gasteiger partial charge in [-0.15, -0.1) is 0 Å². The smallest absolute Gasteiger partial charge is 0.0745 e. The average Bonchev–Trinajstić information content (AvgIpc) is 1.00. The monoisotopic (exact) mass is 1910 g/mol. The van der Waals surface area contributed by atoms with Crippen molar-refractivity contribution in [2.24, 2.45) is 21.7 Å². The zero-order valence-corrected chi connectivity index (χ0v) is 94.5. The van der Waals surface area contributed by atoms with Crippen LogP contribution in [-0.2, 0) is 0 Å². The van der Waals surface area contributed by atoms with Crippen LogP contribution in [0.15, 0.2) is 0 Å². The summed E-state index contributed by atoms with van der Waals surface area (Å²) < 4.78 is 0. The molecule has 24 rings (SSSR count). The molecule has 24 fully saturated rings. The quantitative estimate of drug-likeness (QED) is 0.231. The summed E-state index contributed by atoms with van der Waals surface area (Å²) in [6.45, 7) is 49.9. The van der Waals surface area contributed by atoms with Crippen LogP contribution < -0.4 is 0 Å². The molecule has 0 saturated carbocycles. The van der Waals surface area contributed by atoms with Crippen molar-refractivity contribution in [3.63, 3.8) is 0 Å². The lowest BCUT2D eigenvalue weighted by Crippen LogP contribution is -2.69. The molecule has 24 aliphatic heterocycles. The lowest BCUT2D eigenvalue weighted by atomic mass is 9.72. The zero-order chi connectivity index (χ0) is 97.6. The fraction of sp³-hybridized carbons (Fsp3) is 1.00. The van der Waals surface area contributed by atoms with Crippen LogP contribution >= 0.6 is 0 Å². The van der Waals surface area contributed by atoms with Crippen molar-refractivity contribution in [2.45, 2.75) is 289 Å². The number of rotatable bonds is 0. The molecule has 24 nitrogen and oxygen atoms in total. The summed E-state index contributed by atoms with van der Waals surface area (Å²) in [6, 6.07) is 0. The van der Waals surface area contributed by atoms with Crippen LogP contribution in [0.2, 0.25) is 0 Å². The Balaban J connectivity index is 0.000000126. The van der Waals surface area contributed by atoms with Gasteiger partial charge >= 0.3 is 0 Å². The summed E-state index contributed by atoms with van der Waals surface area (Å²) in [5.74, 6) is 0. The largest absolute Gasteiger partial charge is 0.306 e. The maximum Gasteiger partial charge on any atom is 0.0745 e. The summed E-state index contributed by atoms with van der Waals surface area (Å²) in [7, 11) is 54.1. The highest BCUT2D eigenvalue weighted by Gasteiger charge is 2.53. The Morgan fingerprint density at radius 2 is 0.301 bits per heavy atom. The maximum atomic E-state index is 2.60. The van der Waals surface area contributed by atoms with E-state index in [0.717, 1.165) is 5.41 Å². The Kier molecular flexibility index (Phi) is 40.8. The van der Waals surface area contributed by atoms with E-state index in [2.05, 4.69) is 287 Å². The third kappa shape index (κ3) is 28.2. The van der Waals surface area contributed by atoms with Crippen molar-refractivity contribution in [1.82, 2.24) is 118 Å². The van der Waals surface area contributed by atoms with Crippen LogP contribution in [0.3, 0.4) is 0 Å². The summed E-state index contributed by atoms with van der Waals surface area (Å²) in [5, 5.41) is 0. The Bertz CT molecular complexity index is 3360. The third-order valence-corrected chi connectivity index (χ3v) is 42.1. The minimum absolute atomic E-state index is 0.484. The first kappa shape index (κ1) is 112. The second kappa shape index (κ2) is 49.4. The van der Waals surface area contributed by atoms with Crippen LogP contribution in [0.5, 0.6) is 0 Å². The van der Waals surface area contributed by atoms with Crippen LogP contribution in [0, 0.1) is 21.7 Å². The van der Waals surface area contributed by atoms with Crippen molar-refractivity contribution < 1.29 is 0 Å². The van der Waals surface area contributed by atoms with E-state index in [1.807, 2.05) is 0 Å². The molecule has 6 unspecified atom stereocenters. The highest BCUT2D eigenvalue weighted by atomic mass is 15.4. The van der Waals surface area contributed by atoms with E-state index >= 15 is 0 Å². The predicted octanol–water partition coefficient (Wildman–Crippen LogP) is 11.1. The zero-order valence-electron chi connectivity index (χ0n) is 94.5. The van der Waals surface area contributed by atoms with E-state index in [1.165, 1.54) is 493 Å². The van der Waals surface area contributed by atoms with Crippen molar-refractivity contribution in [1.29, 1.82) is 0 Å². The Labute approximate surface area is 840 Å². The molecule has 24 heterocycles. The molecule has 0 aromatic carbocycles. The van der Waals surface area contributed by atoms with Crippen molar-refractivity contribution >= 4 is 0 Å². The van der Waals surface area contributed by atoms with Gasteiger partial charge in [0, 0.05) is 156 Å². The molecular formula is C112H224N24. The molecule has 136 heavy (non-hydrogen) atoms. The molecule has 24 aliphatic rings. The number of hydrogen-bond donors (Lipinski definition) is 0. The fourth-order valence-corrected chi connectivity index (χ4v) is 31.6. The molecule has 0 amide bonds. The van der Waals surface area contributed by atoms with Crippen LogP contribution in [0.1, 0.15) is 244 Å². The van der Waals surface area contributed by atoms with Crippen LogP contribution in [0.25, 0.3) is 0 Å². The molecule has 0 N–H and O–H groups in total. The van der Waals surface area contributed by atoms with Gasteiger partial charge in [0.2, 0.25) is 0 Å². The molecular weight excluding hydrogens is 1680 g/mol. The second-order valence-corrected chi connectivity index (χ2v) is 52.8. The normalized spacial score (nSPS) is 36.2. The number of hydrogen-bond acceptors (Lipinski definition) is 24. The molecule has 0 radical (unpaired) electrons. The van der Waals surface area contributed by atoms with Gasteiger partial charge in [0.25, 0.3) is 0 Å². The highest BCUT2D eigenvalue weighted by molar-refractivity contribution is 5.09. The van der Waals surface area contributed by atoms with Crippen molar-refractivity contribution in [2.75, 3.05) is 418 Å². The maximum absolute atomic E-state index is 2.60.